The van der Waals surface area contributed by atoms with E-state index in [9.17, 15) is 9.90 Å². The number of fused-ring (bicyclic) bond motifs is 2. The number of benzene rings is 1. The predicted octanol–water partition coefficient (Wildman–Crippen LogP) is 6.29. The van der Waals surface area contributed by atoms with Crippen molar-refractivity contribution in [3.05, 3.63) is 60.2 Å². The number of hydrogen-bond donors (Lipinski definition) is 2. The fraction of sp³-hybridized carbons (Fsp3) is 0.621. The first-order chi connectivity index (χ1) is 15.8. The third-order valence-electron chi connectivity index (χ3n) is 7.88. The van der Waals surface area contributed by atoms with E-state index in [1.54, 1.807) is 0 Å². The lowest BCUT2D eigenvalue weighted by Gasteiger charge is -2.38. The van der Waals surface area contributed by atoms with Crippen molar-refractivity contribution in [2.45, 2.75) is 89.8 Å². The highest BCUT2D eigenvalue weighted by atomic mass is 16.5. The minimum Gasteiger partial charge on any atom is -0.481 e. The smallest absolute Gasteiger partial charge is 0.303 e. The quantitative estimate of drug-likeness (QED) is 0.271. The summed E-state index contributed by atoms with van der Waals surface area (Å²) in [4.78, 5) is 10.8. The highest BCUT2D eigenvalue weighted by molar-refractivity contribution is 5.66. The summed E-state index contributed by atoms with van der Waals surface area (Å²) in [6.45, 7) is 7.23. The summed E-state index contributed by atoms with van der Waals surface area (Å²) in [7, 11) is 0. The van der Waals surface area contributed by atoms with Crippen LogP contribution in [-0.2, 0) is 14.9 Å². The molecule has 182 valence electrons. The molecule has 0 aromatic heterocycles. The third kappa shape index (κ3) is 6.16. The molecule has 1 saturated heterocycles. The molecule has 2 aliphatic rings. The molecule has 0 unspecified atom stereocenters. The summed E-state index contributed by atoms with van der Waals surface area (Å²) in [5, 5.41) is 19.8. The second-order valence-corrected chi connectivity index (χ2v) is 10.7. The molecule has 33 heavy (non-hydrogen) atoms. The standard InChI is InChI=1S/C29H42O4/c1-4-5-19-28(2,3)26(30)18-17-23-24(15-11-6-7-12-16-27(31)32)29(20-25(23)33-21-29)22-13-9-8-10-14-22/h6,8-11,13-14,17-18,23-26,30H,4-5,7,12,15-16,19-21H2,1-3H3,(H,31,32)/t23-,24-,25-,26-,29-/m1/s1. The number of hydrogen-bond acceptors (Lipinski definition) is 3. The van der Waals surface area contributed by atoms with E-state index in [-0.39, 0.29) is 29.3 Å². The van der Waals surface area contributed by atoms with Gasteiger partial charge in [0.25, 0.3) is 0 Å². The van der Waals surface area contributed by atoms with Crippen LogP contribution in [0, 0.1) is 17.3 Å². The molecule has 2 fully saturated rings. The van der Waals surface area contributed by atoms with Crippen LogP contribution < -0.4 is 0 Å². The van der Waals surface area contributed by atoms with Crippen molar-refractivity contribution in [3.8, 4) is 0 Å². The Kier molecular flexibility index (Phi) is 8.95. The largest absolute Gasteiger partial charge is 0.481 e. The Balaban J connectivity index is 1.77. The van der Waals surface area contributed by atoms with Gasteiger partial charge in [0.1, 0.15) is 0 Å². The first kappa shape index (κ1) is 25.7. The number of allylic oxidation sites excluding steroid dienone is 2. The average molecular weight is 455 g/mol. The van der Waals surface area contributed by atoms with Crippen LogP contribution in [-0.4, -0.2) is 35.0 Å². The Morgan fingerprint density at radius 3 is 2.70 bits per heavy atom. The maximum atomic E-state index is 10.9. The van der Waals surface area contributed by atoms with Crippen LogP contribution in [0.4, 0.5) is 0 Å². The van der Waals surface area contributed by atoms with Crippen molar-refractivity contribution >= 4 is 5.97 Å². The number of aliphatic hydroxyl groups excluding tert-OH is 1. The van der Waals surface area contributed by atoms with Gasteiger partial charge < -0.3 is 14.9 Å². The molecule has 1 heterocycles. The molecular formula is C29H42O4. The van der Waals surface area contributed by atoms with E-state index in [0.29, 0.717) is 12.3 Å². The van der Waals surface area contributed by atoms with Crippen molar-refractivity contribution in [3.63, 3.8) is 0 Å². The molecule has 1 aromatic carbocycles. The third-order valence-corrected chi connectivity index (χ3v) is 7.88. The maximum Gasteiger partial charge on any atom is 0.303 e. The van der Waals surface area contributed by atoms with Gasteiger partial charge in [-0.2, -0.15) is 0 Å². The normalized spacial score (nSPS) is 28.2. The molecule has 0 amide bonds. The minimum atomic E-state index is -0.734. The van der Waals surface area contributed by atoms with Gasteiger partial charge in [0.15, 0.2) is 0 Å². The number of rotatable bonds is 13. The summed E-state index contributed by atoms with van der Waals surface area (Å²) < 4.78 is 6.28. The molecule has 4 heteroatoms. The fourth-order valence-electron chi connectivity index (χ4n) is 5.70. The number of carbonyl (C=O) groups is 1. The molecule has 1 aliphatic carbocycles. The maximum absolute atomic E-state index is 10.9. The highest BCUT2D eigenvalue weighted by Gasteiger charge is 2.58. The lowest BCUT2D eigenvalue weighted by molar-refractivity contribution is -0.137. The van der Waals surface area contributed by atoms with E-state index in [4.69, 9.17) is 9.84 Å². The average Bonchev–Trinajstić information content (AvgIpc) is 3.37. The van der Waals surface area contributed by atoms with Crippen LogP contribution in [0.15, 0.2) is 54.6 Å². The Morgan fingerprint density at radius 1 is 1.24 bits per heavy atom. The molecule has 5 atom stereocenters. The van der Waals surface area contributed by atoms with Gasteiger partial charge in [-0.1, -0.05) is 88.2 Å². The van der Waals surface area contributed by atoms with Crippen LogP contribution in [0.3, 0.4) is 0 Å². The molecule has 1 saturated carbocycles. The van der Waals surface area contributed by atoms with Gasteiger partial charge in [-0.3, -0.25) is 4.79 Å². The number of ether oxygens (including phenoxy) is 1. The predicted molar refractivity (Wildman–Crippen MR) is 133 cm³/mol. The van der Waals surface area contributed by atoms with Crippen LogP contribution in [0.2, 0.25) is 0 Å². The lowest BCUT2D eigenvalue weighted by Crippen LogP contribution is -2.39. The number of unbranched alkanes of at least 4 members (excludes halogenated alkanes) is 2. The molecule has 2 bridgehead atoms. The van der Waals surface area contributed by atoms with E-state index in [0.717, 1.165) is 45.1 Å². The van der Waals surface area contributed by atoms with Gasteiger partial charge in [0.2, 0.25) is 0 Å². The number of carboxylic acids is 1. The van der Waals surface area contributed by atoms with E-state index in [2.05, 4.69) is 69.3 Å². The van der Waals surface area contributed by atoms with Gasteiger partial charge in [0, 0.05) is 17.8 Å². The van der Waals surface area contributed by atoms with Gasteiger partial charge >= 0.3 is 5.97 Å². The minimum absolute atomic E-state index is 0.00494. The Labute approximate surface area is 199 Å². The van der Waals surface area contributed by atoms with Crippen molar-refractivity contribution in [2.24, 2.45) is 17.3 Å². The summed E-state index contributed by atoms with van der Waals surface area (Å²) >= 11 is 0. The van der Waals surface area contributed by atoms with Crippen molar-refractivity contribution in [1.29, 1.82) is 0 Å². The summed E-state index contributed by atoms with van der Waals surface area (Å²) in [6, 6.07) is 10.7. The first-order valence-electron chi connectivity index (χ1n) is 12.7. The molecule has 0 spiro atoms. The number of carboxylic acid groups (broad SMARTS) is 1. The van der Waals surface area contributed by atoms with E-state index in [1.165, 1.54) is 5.56 Å². The van der Waals surface area contributed by atoms with Crippen LogP contribution in [0.1, 0.15) is 77.7 Å². The molecule has 4 nitrogen and oxygen atoms in total. The van der Waals surface area contributed by atoms with Crippen molar-refractivity contribution in [1.82, 2.24) is 0 Å². The number of aliphatic carboxylic acids is 1. The van der Waals surface area contributed by atoms with Crippen LogP contribution >= 0.6 is 0 Å². The van der Waals surface area contributed by atoms with E-state index in [1.807, 2.05) is 6.08 Å². The van der Waals surface area contributed by atoms with Gasteiger partial charge in [-0.15, -0.1) is 0 Å². The topological polar surface area (TPSA) is 66.8 Å². The molecule has 1 aliphatic heterocycles. The molecule has 1 aromatic rings. The van der Waals surface area contributed by atoms with E-state index >= 15 is 0 Å². The lowest BCUT2D eigenvalue weighted by atomic mass is 9.69. The monoisotopic (exact) mass is 454 g/mol. The number of aliphatic hydroxyl groups is 1. The van der Waals surface area contributed by atoms with Gasteiger partial charge in [-0.05, 0) is 49.0 Å². The second-order valence-electron chi connectivity index (χ2n) is 10.7. The molecular weight excluding hydrogens is 412 g/mol. The van der Waals surface area contributed by atoms with Crippen molar-refractivity contribution in [2.75, 3.05) is 6.61 Å². The zero-order valence-electron chi connectivity index (χ0n) is 20.6. The summed E-state index contributed by atoms with van der Waals surface area (Å²) in [5.74, 6) is -0.0712. The van der Waals surface area contributed by atoms with Crippen molar-refractivity contribution < 1.29 is 19.7 Å². The summed E-state index contributed by atoms with van der Waals surface area (Å²) in [5.41, 5.74) is 1.20. The van der Waals surface area contributed by atoms with Crippen LogP contribution in [0.25, 0.3) is 0 Å². The SMILES string of the molecule is CCCCC(C)(C)[C@H](O)C=C[C@@H]1[C@@H](CC=CCCCC(=O)O)[C@@]2(c3ccccc3)CO[C@@H]1C2. The Morgan fingerprint density at radius 2 is 2.00 bits per heavy atom. The molecule has 0 radical (unpaired) electrons. The summed E-state index contributed by atoms with van der Waals surface area (Å²) in [6.07, 6.45) is 15.2. The zero-order valence-corrected chi connectivity index (χ0v) is 20.6. The Bertz CT molecular complexity index is 812. The fourth-order valence-corrected chi connectivity index (χ4v) is 5.70. The van der Waals surface area contributed by atoms with Gasteiger partial charge in [-0.25, -0.2) is 0 Å². The van der Waals surface area contributed by atoms with Crippen LogP contribution in [0.5, 0.6) is 0 Å². The molecule has 2 N–H and O–H groups in total. The molecule has 3 rings (SSSR count). The highest BCUT2D eigenvalue weighted by Crippen LogP contribution is 2.57. The zero-order chi connectivity index (χ0) is 23.9. The Hall–Kier alpha value is -1.91. The van der Waals surface area contributed by atoms with E-state index < -0.39 is 12.1 Å². The van der Waals surface area contributed by atoms with Gasteiger partial charge in [0.05, 0.1) is 18.8 Å². The first-order valence-corrected chi connectivity index (χ1v) is 12.7. The second kappa shape index (κ2) is 11.5.